The number of imidazole rings is 1. The van der Waals surface area contributed by atoms with E-state index >= 15 is 4.39 Å². The van der Waals surface area contributed by atoms with Gasteiger partial charge in [-0.25, -0.2) is 13.8 Å². The van der Waals surface area contributed by atoms with Gasteiger partial charge in [-0.3, -0.25) is 4.98 Å². The Balaban J connectivity index is 1.31. The molecule has 0 bridgehead atoms. The number of nitrogens with zero attached hydrogens (tertiary/aromatic N) is 4. The maximum atomic E-state index is 15.4. The third kappa shape index (κ3) is 4.42. The number of aromatic nitrogens is 4. The van der Waals surface area contributed by atoms with Crippen LogP contribution < -0.4 is 9.47 Å². The highest BCUT2D eigenvalue weighted by molar-refractivity contribution is 7.16. The molecule has 0 saturated carbocycles. The predicted octanol–water partition coefficient (Wildman–Crippen LogP) is 6.19. The average Bonchev–Trinajstić information content (AvgIpc) is 3.62. The van der Waals surface area contributed by atoms with E-state index in [0.29, 0.717) is 68.5 Å². The van der Waals surface area contributed by atoms with Crippen molar-refractivity contribution in [3.05, 3.63) is 59.0 Å². The Labute approximate surface area is 214 Å². The van der Waals surface area contributed by atoms with E-state index in [1.807, 2.05) is 6.07 Å². The monoisotopic (exact) mass is 526 g/mol. The van der Waals surface area contributed by atoms with Gasteiger partial charge < -0.3 is 18.6 Å². The Morgan fingerprint density at radius 1 is 1.22 bits per heavy atom. The number of alkyl halides is 2. The van der Waals surface area contributed by atoms with Crippen LogP contribution in [0.4, 0.5) is 8.78 Å². The molecular formula is C26H24F2N4O4S. The first-order valence-corrected chi connectivity index (χ1v) is 12.7. The first-order chi connectivity index (χ1) is 17.9. The van der Waals surface area contributed by atoms with Gasteiger partial charge in [-0.05, 0) is 25.1 Å². The van der Waals surface area contributed by atoms with Gasteiger partial charge in [0, 0.05) is 25.0 Å². The number of furan rings is 1. The Hall–Kier alpha value is -3.57. The fraction of sp³-hybridized carbons (Fsp3) is 0.346. The van der Waals surface area contributed by atoms with E-state index in [1.54, 1.807) is 48.2 Å². The molecule has 8 nitrogen and oxygen atoms in total. The van der Waals surface area contributed by atoms with Gasteiger partial charge in [-0.15, -0.1) is 0 Å². The molecule has 4 aromatic heterocycles. The first-order valence-electron chi connectivity index (χ1n) is 11.9. The summed E-state index contributed by atoms with van der Waals surface area (Å²) in [7, 11) is 1.56. The lowest BCUT2D eigenvalue weighted by atomic mass is 9.92. The van der Waals surface area contributed by atoms with E-state index in [0.717, 1.165) is 0 Å². The number of pyridine rings is 1. The molecule has 1 saturated heterocycles. The average molecular weight is 527 g/mol. The second-order valence-corrected chi connectivity index (χ2v) is 9.91. The molecule has 5 aromatic rings. The van der Waals surface area contributed by atoms with E-state index in [1.165, 1.54) is 18.3 Å². The van der Waals surface area contributed by atoms with Crippen molar-refractivity contribution in [3.8, 4) is 23.0 Å². The van der Waals surface area contributed by atoms with Crippen LogP contribution in [0.3, 0.4) is 0 Å². The van der Waals surface area contributed by atoms with Gasteiger partial charge in [0.15, 0.2) is 22.6 Å². The number of ether oxygens (including phenoxy) is 3. The molecule has 5 heterocycles. The van der Waals surface area contributed by atoms with Crippen molar-refractivity contribution in [1.82, 2.24) is 19.6 Å². The molecule has 192 valence electrons. The predicted molar refractivity (Wildman–Crippen MR) is 134 cm³/mol. The van der Waals surface area contributed by atoms with Crippen molar-refractivity contribution in [2.75, 3.05) is 20.3 Å². The highest BCUT2D eigenvalue weighted by atomic mass is 32.1. The number of fused-ring (bicyclic) bond motifs is 2. The summed E-state index contributed by atoms with van der Waals surface area (Å²) in [5, 5.41) is 5.39. The zero-order chi connectivity index (χ0) is 25.6. The second kappa shape index (κ2) is 9.38. The molecule has 0 aliphatic carbocycles. The van der Waals surface area contributed by atoms with Gasteiger partial charge in [-0.1, -0.05) is 17.4 Å². The van der Waals surface area contributed by atoms with E-state index < -0.39 is 11.8 Å². The molecule has 1 aliphatic rings. The Bertz CT molecular complexity index is 1570. The summed E-state index contributed by atoms with van der Waals surface area (Å²) in [5.74, 6) is 1.58. The molecule has 0 spiro atoms. The molecule has 1 atom stereocenters. The standard InChI is InChI=1S/C26H24F2N4O4S/c1-15(27)24-31-32-19(13-29-25(32)37-24)22-12-18-20(10-17(33-2)11-21(18)36-22)35-14-16-4-3-5-23(30-16)26(28)6-8-34-9-7-26/h3-5,10-13,15H,6-9,14H2,1-2H3. The number of benzene rings is 1. The Morgan fingerprint density at radius 2 is 2.05 bits per heavy atom. The van der Waals surface area contributed by atoms with Crippen molar-refractivity contribution in [2.24, 2.45) is 0 Å². The summed E-state index contributed by atoms with van der Waals surface area (Å²) in [6.07, 6.45) is 1.01. The molecule has 0 radical (unpaired) electrons. The molecular weight excluding hydrogens is 502 g/mol. The van der Waals surface area contributed by atoms with Crippen molar-refractivity contribution in [1.29, 1.82) is 0 Å². The van der Waals surface area contributed by atoms with Crippen molar-refractivity contribution in [3.63, 3.8) is 0 Å². The molecule has 1 aliphatic heterocycles. The molecule has 1 unspecified atom stereocenters. The van der Waals surface area contributed by atoms with E-state index in [4.69, 9.17) is 18.6 Å². The minimum absolute atomic E-state index is 0.129. The number of hydrogen-bond acceptors (Lipinski definition) is 8. The number of halogens is 2. The Morgan fingerprint density at radius 3 is 2.84 bits per heavy atom. The molecule has 37 heavy (non-hydrogen) atoms. The summed E-state index contributed by atoms with van der Waals surface area (Å²) in [4.78, 5) is 9.46. The van der Waals surface area contributed by atoms with E-state index in [-0.39, 0.29) is 19.4 Å². The normalized spacial score (nSPS) is 16.3. The fourth-order valence-electron chi connectivity index (χ4n) is 4.39. The highest BCUT2D eigenvalue weighted by Gasteiger charge is 2.35. The van der Waals surface area contributed by atoms with Crippen LogP contribution in [0, 0.1) is 0 Å². The van der Waals surface area contributed by atoms with Crippen LogP contribution in [-0.4, -0.2) is 39.9 Å². The highest BCUT2D eigenvalue weighted by Crippen LogP contribution is 2.39. The van der Waals surface area contributed by atoms with Gasteiger partial charge >= 0.3 is 0 Å². The van der Waals surface area contributed by atoms with Gasteiger partial charge in [-0.2, -0.15) is 9.61 Å². The smallest absolute Gasteiger partial charge is 0.212 e. The van der Waals surface area contributed by atoms with Crippen LogP contribution in [0.1, 0.15) is 42.3 Å². The van der Waals surface area contributed by atoms with Crippen LogP contribution in [0.5, 0.6) is 11.5 Å². The summed E-state index contributed by atoms with van der Waals surface area (Å²) < 4.78 is 53.8. The minimum atomic E-state index is -1.50. The fourth-order valence-corrected chi connectivity index (χ4v) is 5.20. The number of methoxy groups -OCH3 is 1. The lowest BCUT2D eigenvalue weighted by Gasteiger charge is -2.29. The molecule has 6 rings (SSSR count). The van der Waals surface area contributed by atoms with Crippen LogP contribution in [0.25, 0.3) is 27.4 Å². The molecule has 1 aromatic carbocycles. The van der Waals surface area contributed by atoms with Crippen LogP contribution in [-0.2, 0) is 17.0 Å². The second-order valence-electron chi connectivity index (χ2n) is 8.92. The quantitative estimate of drug-likeness (QED) is 0.250. The van der Waals surface area contributed by atoms with Crippen LogP contribution >= 0.6 is 11.3 Å². The topological polar surface area (TPSA) is 83.9 Å². The molecule has 0 amide bonds. The van der Waals surface area contributed by atoms with Crippen molar-refractivity contribution >= 4 is 27.3 Å². The van der Waals surface area contributed by atoms with Crippen molar-refractivity contribution in [2.45, 2.75) is 38.2 Å². The zero-order valence-corrected chi connectivity index (χ0v) is 21.1. The third-order valence-electron chi connectivity index (χ3n) is 6.43. The summed E-state index contributed by atoms with van der Waals surface area (Å²) in [6, 6.07) is 10.7. The first kappa shape index (κ1) is 23.8. The maximum absolute atomic E-state index is 15.4. The van der Waals surface area contributed by atoms with E-state index in [9.17, 15) is 4.39 Å². The van der Waals surface area contributed by atoms with Crippen LogP contribution in [0.15, 0.2) is 47.0 Å². The summed E-state index contributed by atoms with van der Waals surface area (Å²) >= 11 is 1.19. The SMILES string of the molecule is COc1cc(OCc2cccc(C3(F)CCOCC3)n2)c2cc(-c3cnc4sc(C(C)F)nn34)oc2c1. The van der Waals surface area contributed by atoms with Crippen LogP contribution in [0.2, 0.25) is 0 Å². The Kier molecular flexibility index (Phi) is 6.04. The molecule has 1 fully saturated rings. The van der Waals surface area contributed by atoms with Crippen molar-refractivity contribution < 1.29 is 27.4 Å². The van der Waals surface area contributed by atoms with Gasteiger partial charge in [0.25, 0.3) is 0 Å². The number of rotatable bonds is 7. The maximum Gasteiger partial charge on any atom is 0.212 e. The van der Waals surface area contributed by atoms with Gasteiger partial charge in [0.2, 0.25) is 4.96 Å². The lowest BCUT2D eigenvalue weighted by molar-refractivity contribution is -0.0140. The largest absolute Gasteiger partial charge is 0.496 e. The zero-order valence-electron chi connectivity index (χ0n) is 20.2. The third-order valence-corrected chi connectivity index (χ3v) is 7.51. The molecule has 11 heteroatoms. The summed E-state index contributed by atoms with van der Waals surface area (Å²) in [6.45, 7) is 2.32. The van der Waals surface area contributed by atoms with Gasteiger partial charge in [0.1, 0.15) is 29.4 Å². The molecule has 0 N–H and O–H groups in total. The minimum Gasteiger partial charge on any atom is -0.496 e. The van der Waals surface area contributed by atoms with E-state index in [2.05, 4.69) is 15.1 Å². The van der Waals surface area contributed by atoms with Gasteiger partial charge in [0.05, 0.1) is 43.3 Å². The summed E-state index contributed by atoms with van der Waals surface area (Å²) in [5.41, 5.74) is 0.642. The lowest BCUT2D eigenvalue weighted by Crippen LogP contribution is -2.30. The number of hydrogen-bond donors (Lipinski definition) is 0.